The van der Waals surface area contributed by atoms with Crippen molar-refractivity contribution in [2.24, 2.45) is 0 Å². The van der Waals surface area contributed by atoms with Gasteiger partial charge >= 0.3 is 0 Å². The summed E-state index contributed by atoms with van der Waals surface area (Å²) in [7, 11) is 0. The zero-order valence-electron chi connectivity index (χ0n) is 12.7. The quantitative estimate of drug-likeness (QED) is 0.925. The number of benzene rings is 1. The largest absolute Gasteiger partial charge is 0.391 e. The number of rotatable bonds is 3. The second-order valence-electron chi connectivity index (χ2n) is 6.29. The fourth-order valence-electron chi connectivity index (χ4n) is 3.58. The van der Waals surface area contributed by atoms with Crippen LogP contribution in [0.5, 0.6) is 0 Å². The molecule has 1 aromatic rings. The minimum atomic E-state index is -0.186. The molecule has 22 heavy (non-hydrogen) atoms. The molecule has 1 aromatic carbocycles. The highest BCUT2D eigenvalue weighted by Crippen LogP contribution is 2.25. The SMILES string of the molecule is O=C(Cc1cccc(Cl)c1)N1CCN(C2CCCC2O)CC1. The molecule has 1 amide bonds. The molecule has 2 atom stereocenters. The van der Waals surface area contributed by atoms with Crippen molar-refractivity contribution in [1.29, 1.82) is 0 Å². The lowest BCUT2D eigenvalue weighted by molar-refractivity contribution is -0.132. The first-order valence-corrected chi connectivity index (χ1v) is 8.45. The molecule has 5 heteroatoms. The van der Waals surface area contributed by atoms with Crippen molar-refractivity contribution in [3.8, 4) is 0 Å². The third kappa shape index (κ3) is 3.62. The minimum Gasteiger partial charge on any atom is -0.391 e. The lowest BCUT2D eigenvalue weighted by Gasteiger charge is -2.39. The summed E-state index contributed by atoms with van der Waals surface area (Å²) < 4.78 is 0. The van der Waals surface area contributed by atoms with E-state index in [1.807, 2.05) is 29.2 Å². The average molecular weight is 323 g/mol. The van der Waals surface area contributed by atoms with Gasteiger partial charge in [0.15, 0.2) is 0 Å². The van der Waals surface area contributed by atoms with Gasteiger partial charge in [-0.3, -0.25) is 9.69 Å². The second-order valence-corrected chi connectivity index (χ2v) is 6.73. The molecule has 0 bridgehead atoms. The van der Waals surface area contributed by atoms with E-state index < -0.39 is 0 Å². The van der Waals surface area contributed by atoms with Gasteiger partial charge in [-0.25, -0.2) is 0 Å². The Balaban J connectivity index is 1.51. The van der Waals surface area contributed by atoms with Crippen molar-refractivity contribution in [2.45, 2.75) is 37.8 Å². The summed E-state index contributed by atoms with van der Waals surface area (Å²) in [5, 5.41) is 10.7. The van der Waals surface area contributed by atoms with Gasteiger partial charge in [0.1, 0.15) is 0 Å². The zero-order chi connectivity index (χ0) is 15.5. The number of nitrogens with zero attached hydrogens (tertiary/aromatic N) is 2. The summed E-state index contributed by atoms with van der Waals surface area (Å²) in [4.78, 5) is 16.7. The molecule has 4 nitrogen and oxygen atoms in total. The molecular weight excluding hydrogens is 300 g/mol. The van der Waals surface area contributed by atoms with E-state index in [9.17, 15) is 9.90 Å². The molecule has 2 unspecified atom stereocenters. The van der Waals surface area contributed by atoms with Gasteiger partial charge in [0.2, 0.25) is 5.91 Å². The highest BCUT2D eigenvalue weighted by molar-refractivity contribution is 6.30. The number of piperazine rings is 1. The fourth-order valence-corrected chi connectivity index (χ4v) is 3.80. The highest BCUT2D eigenvalue weighted by Gasteiger charge is 2.33. The molecule has 2 aliphatic rings. The minimum absolute atomic E-state index is 0.161. The normalized spacial score (nSPS) is 26.4. The van der Waals surface area contributed by atoms with E-state index in [0.29, 0.717) is 17.5 Å². The summed E-state index contributed by atoms with van der Waals surface area (Å²) in [6, 6.07) is 7.79. The molecule has 2 fully saturated rings. The maximum atomic E-state index is 12.4. The molecule has 1 aliphatic heterocycles. The molecule has 3 rings (SSSR count). The molecular formula is C17H23ClN2O2. The van der Waals surface area contributed by atoms with Crippen LogP contribution in [0.2, 0.25) is 5.02 Å². The molecule has 1 heterocycles. The fraction of sp³-hybridized carbons (Fsp3) is 0.588. The lowest BCUT2D eigenvalue weighted by Crippen LogP contribution is -2.53. The predicted molar refractivity (Wildman–Crippen MR) is 87.0 cm³/mol. The molecule has 1 aliphatic carbocycles. The number of amides is 1. The van der Waals surface area contributed by atoms with Gasteiger partial charge < -0.3 is 10.0 Å². The van der Waals surface area contributed by atoms with Crippen molar-refractivity contribution in [1.82, 2.24) is 9.80 Å². The zero-order valence-corrected chi connectivity index (χ0v) is 13.5. The number of hydrogen-bond donors (Lipinski definition) is 1. The maximum Gasteiger partial charge on any atom is 0.227 e. The maximum absolute atomic E-state index is 12.4. The average Bonchev–Trinajstić information content (AvgIpc) is 2.93. The summed E-state index contributed by atoms with van der Waals surface area (Å²) in [5.74, 6) is 0.161. The van der Waals surface area contributed by atoms with Gasteiger partial charge in [-0.1, -0.05) is 23.7 Å². The van der Waals surface area contributed by atoms with Gasteiger partial charge in [0.25, 0.3) is 0 Å². The molecule has 0 spiro atoms. The standard InChI is InChI=1S/C17H23ClN2O2/c18-14-4-1-3-13(11-14)12-17(22)20-9-7-19(8-10-20)15-5-2-6-16(15)21/h1,3-4,11,15-16,21H,2,5-10,12H2. The van der Waals surface area contributed by atoms with Crippen LogP contribution in [0.4, 0.5) is 0 Å². The predicted octanol–water partition coefficient (Wildman–Crippen LogP) is 1.94. The van der Waals surface area contributed by atoms with Crippen molar-refractivity contribution in [2.75, 3.05) is 26.2 Å². The molecule has 0 radical (unpaired) electrons. The van der Waals surface area contributed by atoms with E-state index in [1.54, 1.807) is 0 Å². The molecule has 1 saturated heterocycles. The summed E-state index contributed by atoms with van der Waals surface area (Å²) in [6.45, 7) is 3.23. The van der Waals surface area contributed by atoms with E-state index in [-0.39, 0.29) is 12.0 Å². The van der Waals surface area contributed by atoms with Crippen LogP contribution in [-0.4, -0.2) is 59.1 Å². The van der Waals surface area contributed by atoms with Crippen molar-refractivity contribution < 1.29 is 9.90 Å². The van der Waals surface area contributed by atoms with Crippen molar-refractivity contribution in [3.05, 3.63) is 34.9 Å². The second kappa shape index (κ2) is 6.99. The number of hydrogen-bond acceptors (Lipinski definition) is 3. The summed E-state index contributed by atoms with van der Waals surface area (Å²) in [6.07, 6.45) is 3.33. The Hall–Kier alpha value is -1.10. The smallest absolute Gasteiger partial charge is 0.227 e. The van der Waals surface area contributed by atoms with Crippen LogP contribution in [0.15, 0.2) is 24.3 Å². The van der Waals surface area contributed by atoms with Gasteiger partial charge in [-0.05, 0) is 37.0 Å². The first-order chi connectivity index (χ1) is 10.6. The Morgan fingerprint density at radius 2 is 2.00 bits per heavy atom. The van der Waals surface area contributed by atoms with Crippen molar-refractivity contribution >= 4 is 17.5 Å². The van der Waals surface area contributed by atoms with E-state index >= 15 is 0 Å². The van der Waals surface area contributed by atoms with E-state index in [0.717, 1.165) is 51.0 Å². The van der Waals surface area contributed by atoms with Crippen LogP contribution in [0, 0.1) is 0 Å². The molecule has 1 N–H and O–H groups in total. The molecule has 1 saturated carbocycles. The summed E-state index contributed by atoms with van der Waals surface area (Å²) >= 11 is 5.96. The van der Waals surface area contributed by atoms with Gasteiger partial charge in [0, 0.05) is 37.2 Å². The third-order valence-corrected chi connectivity index (χ3v) is 5.06. The first kappa shape index (κ1) is 15.8. The van der Waals surface area contributed by atoms with Crippen LogP contribution in [0.1, 0.15) is 24.8 Å². The van der Waals surface area contributed by atoms with Crippen LogP contribution < -0.4 is 0 Å². The number of carbonyl (C=O) groups is 1. The monoisotopic (exact) mass is 322 g/mol. The van der Waals surface area contributed by atoms with Crippen LogP contribution >= 0.6 is 11.6 Å². The van der Waals surface area contributed by atoms with Crippen molar-refractivity contribution in [3.63, 3.8) is 0 Å². The Labute approximate surface area is 136 Å². The van der Waals surface area contributed by atoms with E-state index in [2.05, 4.69) is 4.90 Å². The molecule has 0 aromatic heterocycles. The van der Waals surface area contributed by atoms with Gasteiger partial charge in [-0.15, -0.1) is 0 Å². The summed E-state index contributed by atoms with van der Waals surface area (Å²) in [5.41, 5.74) is 0.964. The van der Waals surface area contributed by atoms with E-state index in [4.69, 9.17) is 11.6 Å². The van der Waals surface area contributed by atoms with Crippen LogP contribution in [-0.2, 0) is 11.2 Å². The Kier molecular flexibility index (Phi) is 5.01. The lowest BCUT2D eigenvalue weighted by atomic mass is 10.1. The number of halogens is 1. The van der Waals surface area contributed by atoms with Gasteiger partial charge in [0.05, 0.1) is 12.5 Å². The third-order valence-electron chi connectivity index (χ3n) is 4.82. The van der Waals surface area contributed by atoms with Gasteiger partial charge in [-0.2, -0.15) is 0 Å². The molecule has 120 valence electrons. The van der Waals surface area contributed by atoms with Crippen LogP contribution in [0.3, 0.4) is 0 Å². The Morgan fingerprint density at radius 1 is 1.23 bits per heavy atom. The first-order valence-electron chi connectivity index (χ1n) is 8.08. The Morgan fingerprint density at radius 3 is 2.64 bits per heavy atom. The van der Waals surface area contributed by atoms with E-state index in [1.165, 1.54) is 0 Å². The number of aliphatic hydroxyl groups excluding tert-OH is 1. The Bertz CT molecular complexity index is 529. The van der Waals surface area contributed by atoms with Crippen LogP contribution in [0.25, 0.3) is 0 Å². The number of aliphatic hydroxyl groups is 1. The number of carbonyl (C=O) groups excluding carboxylic acids is 1. The highest BCUT2D eigenvalue weighted by atomic mass is 35.5. The topological polar surface area (TPSA) is 43.8 Å².